The number of hydrogen-bond acceptors (Lipinski definition) is 2. The lowest BCUT2D eigenvalue weighted by Gasteiger charge is -2.28. The van der Waals surface area contributed by atoms with Crippen molar-refractivity contribution in [3.05, 3.63) is 35.9 Å². The lowest BCUT2D eigenvalue weighted by atomic mass is 9.92. The van der Waals surface area contributed by atoms with Gasteiger partial charge < -0.3 is 10.6 Å². The third kappa shape index (κ3) is 3.86. The first kappa shape index (κ1) is 13.7. The zero-order chi connectivity index (χ0) is 12.9. The standard InChI is InChI=1S/C14H22N2O/c1-14(2,11-15)13(17)16(3)10-9-12-7-5-4-6-8-12/h4-8H,9-11,15H2,1-3H3. The Bertz CT molecular complexity index is 360. The van der Waals surface area contributed by atoms with Gasteiger partial charge in [0.15, 0.2) is 0 Å². The van der Waals surface area contributed by atoms with Gasteiger partial charge in [-0.25, -0.2) is 0 Å². The van der Waals surface area contributed by atoms with Crippen LogP contribution in [0.2, 0.25) is 0 Å². The van der Waals surface area contributed by atoms with E-state index in [0.29, 0.717) is 6.54 Å². The molecule has 17 heavy (non-hydrogen) atoms. The molecule has 0 bridgehead atoms. The molecule has 0 saturated carbocycles. The number of nitrogens with zero attached hydrogens (tertiary/aromatic N) is 1. The molecule has 0 unspecified atom stereocenters. The average molecular weight is 234 g/mol. The number of carbonyl (C=O) groups is 1. The molecule has 1 amide bonds. The van der Waals surface area contributed by atoms with Gasteiger partial charge in [0.1, 0.15) is 0 Å². The molecule has 0 heterocycles. The van der Waals surface area contributed by atoms with E-state index in [0.717, 1.165) is 13.0 Å². The third-order valence-corrected chi connectivity index (χ3v) is 3.01. The number of likely N-dealkylation sites (N-methyl/N-ethyl adjacent to an activating group) is 1. The zero-order valence-corrected chi connectivity index (χ0v) is 10.9. The second-order valence-corrected chi connectivity index (χ2v) is 5.05. The SMILES string of the molecule is CN(CCc1ccccc1)C(=O)C(C)(C)CN. The van der Waals surface area contributed by atoms with Crippen LogP contribution in [0.4, 0.5) is 0 Å². The van der Waals surface area contributed by atoms with Gasteiger partial charge in [-0.05, 0) is 25.8 Å². The van der Waals surface area contributed by atoms with E-state index in [9.17, 15) is 4.79 Å². The van der Waals surface area contributed by atoms with Crippen molar-refractivity contribution in [2.24, 2.45) is 11.1 Å². The molecule has 2 N–H and O–H groups in total. The molecule has 0 aliphatic heterocycles. The van der Waals surface area contributed by atoms with Gasteiger partial charge in [-0.3, -0.25) is 4.79 Å². The van der Waals surface area contributed by atoms with Crippen LogP contribution in [0.5, 0.6) is 0 Å². The Hall–Kier alpha value is -1.35. The molecule has 0 saturated heterocycles. The Morgan fingerprint density at radius 2 is 1.88 bits per heavy atom. The van der Waals surface area contributed by atoms with Crippen molar-refractivity contribution in [2.45, 2.75) is 20.3 Å². The van der Waals surface area contributed by atoms with Gasteiger partial charge in [0.2, 0.25) is 5.91 Å². The lowest BCUT2D eigenvalue weighted by Crippen LogP contribution is -2.43. The van der Waals surface area contributed by atoms with E-state index in [1.807, 2.05) is 39.1 Å². The average Bonchev–Trinajstić information content (AvgIpc) is 2.36. The minimum Gasteiger partial charge on any atom is -0.345 e. The first-order chi connectivity index (χ1) is 7.97. The van der Waals surface area contributed by atoms with Gasteiger partial charge in [-0.15, -0.1) is 0 Å². The fourth-order valence-electron chi connectivity index (χ4n) is 1.65. The molecule has 0 atom stereocenters. The predicted molar refractivity (Wildman–Crippen MR) is 70.6 cm³/mol. The van der Waals surface area contributed by atoms with Gasteiger partial charge in [-0.2, -0.15) is 0 Å². The third-order valence-electron chi connectivity index (χ3n) is 3.01. The maximum Gasteiger partial charge on any atom is 0.229 e. The summed E-state index contributed by atoms with van der Waals surface area (Å²) in [6.07, 6.45) is 0.879. The van der Waals surface area contributed by atoms with E-state index in [4.69, 9.17) is 5.73 Å². The molecular formula is C14H22N2O. The highest BCUT2D eigenvalue weighted by molar-refractivity contribution is 5.81. The molecule has 0 aliphatic carbocycles. The molecule has 0 fully saturated rings. The van der Waals surface area contributed by atoms with Gasteiger partial charge in [0, 0.05) is 20.1 Å². The minimum atomic E-state index is -0.467. The molecule has 94 valence electrons. The molecule has 3 nitrogen and oxygen atoms in total. The summed E-state index contributed by atoms with van der Waals surface area (Å²) in [6, 6.07) is 10.2. The fourth-order valence-corrected chi connectivity index (χ4v) is 1.65. The highest BCUT2D eigenvalue weighted by Gasteiger charge is 2.28. The van der Waals surface area contributed by atoms with Crippen LogP contribution >= 0.6 is 0 Å². The van der Waals surface area contributed by atoms with Crippen molar-refractivity contribution >= 4 is 5.91 Å². The Balaban J connectivity index is 2.50. The van der Waals surface area contributed by atoms with Crippen LogP contribution in [-0.2, 0) is 11.2 Å². The zero-order valence-electron chi connectivity index (χ0n) is 10.9. The molecule has 1 aromatic carbocycles. The summed E-state index contributed by atoms with van der Waals surface area (Å²) in [6.45, 7) is 4.87. The van der Waals surface area contributed by atoms with Crippen molar-refractivity contribution in [3.63, 3.8) is 0 Å². The van der Waals surface area contributed by atoms with E-state index >= 15 is 0 Å². The quantitative estimate of drug-likeness (QED) is 0.842. The van der Waals surface area contributed by atoms with Crippen LogP contribution in [0.15, 0.2) is 30.3 Å². The summed E-state index contributed by atoms with van der Waals surface area (Å²) in [5.41, 5.74) is 6.39. The van der Waals surface area contributed by atoms with Gasteiger partial charge >= 0.3 is 0 Å². The smallest absolute Gasteiger partial charge is 0.229 e. The Labute approximate surface area is 104 Å². The van der Waals surface area contributed by atoms with Crippen molar-refractivity contribution < 1.29 is 4.79 Å². The van der Waals surface area contributed by atoms with Gasteiger partial charge in [-0.1, -0.05) is 30.3 Å². The minimum absolute atomic E-state index is 0.107. The lowest BCUT2D eigenvalue weighted by molar-refractivity contribution is -0.138. The second kappa shape index (κ2) is 5.82. The molecule has 0 aromatic heterocycles. The molecule has 1 aromatic rings. The van der Waals surface area contributed by atoms with Gasteiger partial charge in [0.25, 0.3) is 0 Å². The van der Waals surface area contributed by atoms with E-state index in [-0.39, 0.29) is 5.91 Å². The van der Waals surface area contributed by atoms with E-state index < -0.39 is 5.41 Å². The number of rotatable bonds is 5. The van der Waals surface area contributed by atoms with E-state index in [1.165, 1.54) is 5.56 Å². The Morgan fingerprint density at radius 3 is 2.41 bits per heavy atom. The summed E-state index contributed by atoms with van der Waals surface area (Å²) in [7, 11) is 1.84. The first-order valence-electron chi connectivity index (χ1n) is 5.97. The van der Waals surface area contributed by atoms with Crippen LogP contribution in [-0.4, -0.2) is 30.9 Å². The van der Waals surface area contributed by atoms with Crippen molar-refractivity contribution in [3.8, 4) is 0 Å². The summed E-state index contributed by atoms with van der Waals surface area (Å²) in [5.74, 6) is 0.107. The molecule has 1 rings (SSSR count). The summed E-state index contributed by atoms with van der Waals surface area (Å²) >= 11 is 0. The molecule has 0 aliphatic rings. The molecule has 0 spiro atoms. The van der Waals surface area contributed by atoms with Gasteiger partial charge in [0.05, 0.1) is 5.41 Å². The van der Waals surface area contributed by atoms with Crippen LogP contribution in [0.25, 0.3) is 0 Å². The van der Waals surface area contributed by atoms with Crippen molar-refractivity contribution in [2.75, 3.05) is 20.1 Å². The summed E-state index contributed by atoms with van der Waals surface area (Å²) in [5, 5.41) is 0. The number of amides is 1. The maximum atomic E-state index is 12.1. The molecule has 0 radical (unpaired) electrons. The number of nitrogens with two attached hydrogens (primary N) is 1. The van der Waals surface area contributed by atoms with E-state index in [1.54, 1.807) is 4.90 Å². The highest BCUT2D eigenvalue weighted by atomic mass is 16.2. The normalized spacial score (nSPS) is 11.3. The summed E-state index contributed by atoms with van der Waals surface area (Å²) < 4.78 is 0. The monoisotopic (exact) mass is 234 g/mol. The van der Waals surface area contributed by atoms with E-state index in [2.05, 4.69) is 12.1 Å². The fraction of sp³-hybridized carbons (Fsp3) is 0.500. The predicted octanol–water partition coefficient (Wildman–Crippen LogP) is 1.67. The largest absolute Gasteiger partial charge is 0.345 e. The van der Waals surface area contributed by atoms with Crippen molar-refractivity contribution in [1.29, 1.82) is 0 Å². The second-order valence-electron chi connectivity index (χ2n) is 5.05. The Kier molecular flexibility index (Phi) is 4.70. The first-order valence-corrected chi connectivity index (χ1v) is 5.97. The number of benzene rings is 1. The Morgan fingerprint density at radius 1 is 1.29 bits per heavy atom. The van der Waals surface area contributed by atoms with Crippen LogP contribution in [0, 0.1) is 5.41 Å². The van der Waals surface area contributed by atoms with Crippen LogP contribution in [0.1, 0.15) is 19.4 Å². The van der Waals surface area contributed by atoms with Crippen molar-refractivity contribution in [1.82, 2.24) is 4.90 Å². The number of hydrogen-bond donors (Lipinski definition) is 1. The number of carbonyl (C=O) groups excluding carboxylic acids is 1. The topological polar surface area (TPSA) is 46.3 Å². The van der Waals surface area contributed by atoms with Crippen LogP contribution in [0.3, 0.4) is 0 Å². The highest BCUT2D eigenvalue weighted by Crippen LogP contribution is 2.16. The molecular weight excluding hydrogens is 212 g/mol. The molecule has 3 heteroatoms. The summed E-state index contributed by atoms with van der Waals surface area (Å²) in [4.78, 5) is 13.8. The maximum absolute atomic E-state index is 12.1. The van der Waals surface area contributed by atoms with Crippen LogP contribution < -0.4 is 5.73 Å².